The topological polar surface area (TPSA) is 44.4 Å². The lowest BCUT2D eigenvalue weighted by molar-refractivity contribution is -0.121. The lowest BCUT2D eigenvalue weighted by atomic mass is 9.96. The molecule has 0 spiro atoms. The summed E-state index contributed by atoms with van der Waals surface area (Å²) in [4.78, 5) is 14.3. The van der Waals surface area contributed by atoms with E-state index in [1.165, 1.54) is 11.3 Å². The van der Waals surface area contributed by atoms with Gasteiger partial charge in [0.2, 0.25) is 5.91 Å². The molecule has 20 heavy (non-hydrogen) atoms. The Morgan fingerprint density at radius 2 is 2.05 bits per heavy atom. The van der Waals surface area contributed by atoms with Crippen LogP contribution in [0.5, 0.6) is 0 Å². The number of benzene rings is 1. The Morgan fingerprint density at radius 3 is 2.70 bits per heavy atom. The maximum atomic E-state index is 12.1. The Labute approximate surface area is 121 Å². The van der Waals surface area contributed by atoms with E-state index in [2.05, 4.69) is 33.7 Å². The number of nitrogens with zero attached hydrogens (tertiary/aromatic N) is 1. The largest absolute Gasteiger partial charge is 0.362 e. The second-order valence-electron chi connectivity index (χ2n) is 6.41. The van der Waals surface area contributed by atoms with Gasteiger partial charge in [-0.1, -0.05) is 18.2 Å². The van der Waals surface area contributed by atoms with Crippen LogP contribution in [0.4, 0.5) is 5.69 Å². The predicted octanol–water partition coefficient (Wildman–Crippen LogP) is 2.07. The van der Waals surface area contributed by atoms with E-state index in [1.807, 2.05) is 33.9 Å². The molecule has 1 heterocycles. The highest BCUT2D eigenvalue weighted by Crippen LogP contribution is 2.32. The van der Waals surface area contributed by atoms with Gasteiger partial charge in [0.05, 0.1) is 6.54 Å². The first kappa shape index (κ1) is 14.9. The van der Waals surface area contributed by atoms with E-state index >= 15 is 0 Å². The van der Waals surface area contributed by atoms with Gasteiger partial charge >= 0.3 is 0 Å². The first-order valence-electron chi connectivity index (χ1n) is 7.23. The van der Waals surface area contributed by atoms with Gasteiger partial charge in [0.1, 0.15) is 0 Å². The Kier molecular flexibility index (Phi) is 4.33. The number of fused-ring (bicyclic) bond motifs is 1. The quantitative estimate of drug-likeness (QED) is 0.887. The summed E-state index contributed by atoms with van der Waals surface area (Å²) >= 11 is 0. The van der Waals surface area contributed by atoms with Crippen molar-refractivity contribution in [1.82, 2.24) is 10.6 Å². The van der Waals surface area contributed by atoms with Crippen LogP contribution in [-0.4, -0.2) is 31.6 Å². The Balaban J connectivity index is 2.12. The lowest BCUT2D eigenvalue weighted by Crippen LogP contribution is -2.47. The van der Waals surface area contributed by atoms with Crippen molar-refractivity contribution in [3.63, 3.8) is 0 Å². The molecule has 1 aromatic rings. The van der Waals surface area contributed by atoms with E-state index in [9.17, 15) is 4.79 Å². The zero-order valence-corrected chi connectivity index (χ0v) is 12.9. The fourth-order valence-corrected chi connectivity index (χ4v) is 2.73. The van der Waals surface area contributed by atoms with Crippen LogP contribution >= 0.6 is 0 Å². The molecule has 4 nitrogen and oxygen atoms in total. The molecule has 0 fully saturated rings. The monoisotopic (exact) mass is 275 g/mol. The highest BCUT2D eigenvalue weighted by molar-refractivity contribution is 5.82. The molecular formula is C16H25N3O. The van der Waals surface area contributed by atoms with Crippen molar-refractivity contribution in [2.45, 2.75) is 38.8 Å². The van der Waals surface area contributed by atoms with Crippen molar-refractivity contribution in [1.29, 1.82) is 0 Å². The second kappa shape index (κ2) is 5.83. The van der Waals surface area contributed by atoms with Crippen molar-refractivity contribution < 1.29 is 4.79 Å². The molecular weight excluding hydrogens is 250 g/mol. The number of para-hydroxylation sites is 1. The summed E-state index contributed by atoms with van der Waals surface area (Å²) in [6.45, 7) is 7.34. The van der Waals surface area contributed by atoms with Gasteiger partial charge in [-0.3, -0.25) is 4.79 Å². The van der Waals surface area contributed by atoms with Gasteiger partial charge in [-0.15, -0.1) is 0 Å². The summed E-state index contributed by atoms with van der Waals surface area (Å²) in [6.07, 6.45) is 1.02. The Morgan fingerprint density at radius 1 is 1.35 bits per heavy atom. The molecule has 0 saturated heterocycles. The second-order valence-corrected chi connectivity index (χ2v) is 6.41. The highest BCUT2D eigenvalue weighted by atomic mass is 16.2. The summed E-state index contributed by atoms with van der Waals surface area (Å²) in [6, 6.07) is 8.72. The third-order valence-electron chi connectivity index (χ3n) is 3.54. The van der Waals surface area contributed by atoms with Gasteiger partial charge in [-0.25, -0.2) is 0 Å². The average Bonchev–Trinajstić information content (AvgIpc) is 2.37. The average molecular weight is 275 g/mol. The predicted molar refractivity (Wildman–Crippen MR) is 83.0 cm³/mol. The van der Waals surface area contributed by atoms with Crippen LogP contribution in [0.2, 0.25) is 0 Å². The van der Waals surface area contributed by atoms with Crippen molar-refractivity contribution in [3.05, 3.63) is 29.8 Å². The van der Waals surface area contributed by atoms with Crippen LogP contribution in [0.1, 0.15) is 38.8 Å². The van der Waals surface area contributed by atoms with E-state index in [4.69, 9.17) is 0 Å². The number of amides is 1. The molecule has 0 aromatic heterocycles. The molecule has 0 aliphatic carbocycles. The number of anilines is 1. The van der Waals surface area contributed by atoms with E-state index in [0.29, 0.717) is 12.6 Å². The van der Waals surface area contributed by atoms with Gasteiger partial charge < -0.3 is 15.5 Å². The third kappa shape index (κ3) is 3.51. The molecule has 1 aliphatic heterocycles. The number of nitrogens with one attached hydrogen (secondary N) is 2. The number of hydrogen-bond donors (Lipinski definition) is 2. The maximum absolute atomic E-state index is 12.1. The van der Waals surface area contributed by atoms with Gasteiger partial charge in [-0.05, 0) is 45.9 Å². The normalized spacial score (nSPS) is 18.6. The lowest BCUT2D eigenvalue weighted by Gasteiger charge is -2.35. The number of carbonyl (C=O) groups is 1. The Hall–Kier alpha value is -1.55. The van der Waals surface area contributed by atoms with Crippen LogP contribution in [0.15, 0.2) is 24.3 Å². The minimum absolute atomic E-state index is 0.0789. The van der Waals surface area contributed by atoms with Gasteiger partial charge in [-0.2, -0.15) is 0 Å². The molecule has 1 atom stereocenters. The summed E-state index contributed by atoms with van der Waals surface area (Å²) < 4.78 is 0. The van der Waals surface area contributed by atoms with Crippen molar-refractivity contribution in [2.75, 3.05) is 25.0 Å². The molecule has 1 aliphatic rings. The van der Waals surface area contributed by atoms with E-state index < -0.39 is 0 Å². The van der Waals surface area contributed by atoms with Crippen LogP contribution in [0.3, 0.4) is 0 Å². The first-order chi connectivity index (χ1) is 9.40. The van der Waals surface area contributed by atoms with Crippen molar-refractivity contribution >= 4 is 11.6 Å². The molecule has 4 heteroatoms. The summed E-state index contributed by atoms with van der Waals surface area (Å²) in [7, 11) is 1.99. The minimum Gasteiger partial charge on any atom is -0.362 e. The molecule has 2 rings (SSSR count). The van der Waals surface area contributed by atoms with Gasteiger partial charge in [0.15, 0.2) is 0 Å². The highest BCUT2D eigenvalue weighted by Gasteiger charge is 2.25. The van der Waals surface area contributed by atoms with Gasteiger partial charge in [0.25, 0.3) is 0 Å². The van der Waals surface area contributed by atoms with Crippen LogP contribution in [0.25, 0.3) is 0 Å². The number of rotatable bonds is 3. The molecule has 0 radical (unpaired) electrons. The van der Waals surface area contributed by atoms with Gasteiger partial charge in [0, 0.05) is 23.8 Å². The summed E-state index contributed by atoms with van der Waals surface area (Å²) in [5, 5.41) is 6.37. The van der Waals surface area contributed by atoms with Crippen molar-refractivity contribution in [2.24, 2.45) is 0 Å². The van der Waals surface area contributed by atoms with Crippen LogP contribution < -0.4 is 15.5 Å². The number of carbonyl (C=O) groups excluding carboxylic acids is 1. The molecule has 1 amide bonds. The smallest absolute Gasteiger partial charge is 0.239 e. The zero-order valence-electron chi connectivity index (χ0n) is 12.9. The first-order valence-corrected chi connectivity index (χ1v) is 7.23. The van der Waals surface area contributed by atoms with Crippen molar-refractivity contribution in [3.8, 4) is 0 Å². The molecule has 1 aromatic carbocycles. The van der Waals surface area contributed by atoms with E-state index in [0.717, 1.165) is 13.0 Å². The molecule has 0 saturated carbocycles. The van der Waals surface area contributed by atoms with E-state index in [1.54, 1.807) is 0 Å². The summed E-state index contributed by atoms with van der Waals surface area (Å²) in [5.41, 5.74) is 2.27. The van der Waals surface area contributed by atoms with E-state index in [-0.39, 0.29) is 11.4 Å². The Bertz CT molecular complexity index is 479. The fourth-order valence-electron chi connectivity index (χ4n) is 2.73. The van der Waals surface area contributed by atoms with Crippen LogP contribution in [-0.2, 0) is 4.79 Å². The zero-order chi connectivity index (χ0) is 14.8. The summed E-state index contributed by atoms with van der Waals surface area (Å²) in [5.74, 6) is 0.0789. The molecule has 1 unspecified atom stereocenters. The fraction of sp³-hybridized carbons (Fsp3) is 0.562. The third-order valence-corrected chi connectivity index (χ3v) is 3.54. The molecule has 110 valence electrons. The maximum Gasteiger partial charge on any atom is 0.239 e. The minimum atomic E-state index is -0.181. The number of hydrogen-bond acceptors (Lipinski definition) is 3. The van der Waals surface area contributed by atoms with Crippen LogP contribution in [0, 0.1) is 0 Å². The molecule has 0 bridgehead atoms. The standard InChI is InChI=1S/C16H25N3O/c1-16(2,3)18-15(20)11-19-10-9-13(17-4)12-7-5-6-8-14(12)19/h5-8,13,17H,9-11H2,1-4H3,(H,18,20). The SMILES string of the molecule is CNC1CCN(CC(=O)NC(C)(C)C)c2ccccc21. The molecule has 2 N–H and O–H groups in total.